The van der Waals surface area contributed by atoms with Crippen LogP contribution in [-0.2, 0) is 6.42 Å². The Kier molecular flexibility index (Phi) is 3.39. The van der Waals surface area contributed by atoms with Crippen molar-refractivity contribution in [2.24, 2.45) is 5.73 Å². The molecule has 0 spiro atoms. The van der Waals surface area contributed by atoms with Crippen molar-refractivity contribution < 1.29 is 4.74 Å². The van der Waals surface area contributed by atoms with Gasteiger partial charge < -0.3 is 10.5 Å². The van der Waals surface area contributed by atoms with E-state index in [-0.39, 0.29) is 0 Å². The average molecular weight is 232 g/mol. The minimum atomic E-state index is 0.571. The zero-order valence-corrected chi connectivity index (χ0v) is 10.1. The summed E-state index contributed by atoms with van der Waals surface area (Å²) >= 11 is 0. The molecule has 1 aromatic carbocycles. The number of rotatable bonds is 4. The fourth-order valence-electron chi connectivity index (χ4n) is 1.74. The molecular weight excluding hydrogens is 216 g/mol. The highest BCUT2D eigenvalue weighted by Crippen LogP contribution is 2.24. The number of nitrogens with zero attached hydrogens (tertiary/aromatic N) is 3. The maximum atomic E-state index is 5.57. The molecule has 17 heavy (non-hydrogen) atoms. The molecule has 0 bridgehead atoms. The van der Waals surface area contributed by atoms with Crippen molar-refractivity contribution in [2.75, 3.05) is 13.7 Å². The molecule has 5 heteroatoms. The van der Waals surface area contributed by atoms with E-state index in [1.165, 1.54) is 0 Å². The van der Waals surface area contributed by atoms with E-state index in [0.29, 0.717) is 6.54 Å². The first kappa shape index (κ1) is 11.6. The summed E-state index contributed by atoms with van der Waals surface area (Å²) in [6.45, 7) is 2.60. The summed E-state index contributed by atoms with van der Waals surface area (Å²) in [6.07, 6.45) is 2.47. The van der Waals surface area contributed by atoms with Crippen molar-refractivity contribution in [1.82, 2.24) is 15.0 Å². The van der Waals surface area contributed by atoms with Gasteiger partial charge in [0.1, 0.15) is 11.4 Å². The van der Waals surface area contributed by atoms with Crippen molar-refractivity contribution in [3.8, 4) is 11.4 Å². The molecule has 0 aliphatic rings. The maximum Gasteiger partial charge on any atom is 0.144 e. The average Bonchev–Trinajstić information content (AvgIpc) is 2.77. The third-order valence-electron chi connectivity index (χ3n) is 2.58. The number of hydrogen-bond acceptors (Lipinski definition) is 4. The largest absolute Gasteiger partial charge is 0.494 e. The molecule has 2 aromatic rings. The molecule has 0 aliphatic carbocycles. The van der Waals surface area contributed by atoms with E-state index in [2.05, 4.69) is 10.3 Å². The van der Waals surface area contributed by atoms with E-state index in [1.807, 2.05) is 25.1 Å². The van der Waals surface area contributed by atoms with Gasteiger partial charge in [0.05, 0.1) is 19.0 Å². The lowest BCUT2D eigenvalue weighted by Gasteiger charge is -2.11. The first-order valence-corrected chi connectivity index (χ1v) is 5.51. The van der Waals surface area contributed by atoms with Crippen molar-refractivity contribution in [1.29, 1.82) is 0 Å². The number of aryl methyl sites for hydroxylation is 1. The Hall–Kier alpha value is -1.88. The van der Waals surface area contributed by atoms with E-state index in [1.54, 1.807) is 18.0 Å². The number of benzene rings is 1. The summed E-state index contributed by atoms with van der Waals surface area (Å²) in [5.74, 6) is 0.777. The fraction of sp³-hybridized carbons (Fsp3) is 0.333. The van der Waals surface area contributed by atoms with Crippen molar-refractivity contribution in [3.05, 3.63) is 35.7 Å². The maximum absolute atomic E-state index is 5.57. The quantitative estimate of drug-likeness (QED) is 0.856. The smallest absolute Gasteiger partial charge is 0.144 e. The molecule has 1 heterocycles. The highest BCUT2D eigenvalue weighted by molar-refractivity contribution is 5.48. The topological polar surface area (TPSA) is 66.0 Å². The van der Waals surface area contributed by atoms with Gasteiger partial charge in [-0.1, -0.05) is 11.3 Å². The Labute approximate surface area is 100 Å². The Morgan fingerprint density at radius 3 is 2.94 bits per heavy atom. The molecule has 0 aliphatic heterocycles. The van der Waals surface area contributed by atoms with Crippen LogP contribution in [0.2, 0.25) is 0 Å². The molecule has 0 saturated carbocycles. The Morgan fingerprint density at radius 2 is 2.24 bits per heavy atom. The summed E-state index contributed by atoms with van der Waals surface area (Å²) in [4.78, 5) is 0. The highest BCUT2D eigenvalue weighted by Gasteiger charge is 2.10. The van der Waals surface area contributed by atoms with Gasteiger partial charge in [-0.25, -0.2) is 4.68 Å². The standard InChI is InChI=1S/C12H16N4O/c1-9-3-4-12(17-2)11(7-9)16-10(5-6-13)8-14-15-16/h3-4,7-8H,5-6,13H2,1-2H3. The molecule has 0 fully saturated rings. The Bertz CT molecular complexity index is 507. The van der Waals surface area contributed by atoms with E-state index < -0.39 is 0 Å². The van der Waals surface area contributed by atoms with Crippen molar-refractivity contribution >= 4 is 0 Å². The van der Waals surface area contributed by atoms with Crippen LogP contribution in [0.3, 0.4) is 0 Å². The number of aromatic nitrogens is 3. The van der Waals surface area contributed by atoms with Gasteiger partial charge in [0.15, 0.2) is 0 Å². The summed E-state index contributed by atoms with van der Waals surface area (Å²) < 4.78 is 7.11. The lowest BCUT2D eigenvalue weighted by molar-refractivity contribution is 0.411. The molecule has 2 rings (SSSR count). The van der Waals surface area contributed by atoms with Gasteiger partial charge in [0, 0.05) is 6.42 Å². The number of methoxy groups -OCH3 is 1. The number of nitrogens with two attached hydrogens (primary N) is 1. The van der Waals surface area contributed by atoms with Crippen molar-refractivity contribution in [2.45, 2.75) is 13.3 Å². The van der Waals surface area contributed by atoms with Crippen LogP contribution in [0.5, 0.6) is 5.75 Å². The monoisotopic (exact) mass is 232 g/mol. The predicted octanol–water partition coefficient (Wildman–Crippen LogP) is 1.09. The number of ether oxygens (including phenoxy) is 1. The highest BCUT2D eigenvalue weighted by atomic mass is 16.5. The minimum absolute atomic E-state index is 0.571. The second kappa shape index (κ2) is 4.97. The van der Waals surface area contributed by atoms with E-state index in [9.17, 15) is 0 Å². The Balaban J connectivity index is 2.51. The van der Waals surface area contributed by atoms with Crippen LogP contribution in [0.4, 0.5) is 0 Å². The first-order chi connectivity index (χ1) is 8.26. The van der Waals surface area contributed by atoms with Gasteiger partial charge in [-0.05, 0) is 31.2 Å². The van der Waals surface area contributed by atoms with Crippen molar-refractivity contribution in [3.63, 3.8) is 0 Å². The molecule has 5 nitrogen and oxygen atoms in total. The minimum Gasteiger partial charge on any atom is -0.494 e. The van der Waals surface area contributed by atoms with Crippen LogP contribution in [0.15, 0.2) is 24.4 Å². The van der Waals surface area contributed by atoms with E-state index >= 15 is 0 Å². The fourth-order valence-corrected chi connectivity index (χ4v) is 1.74. The summed E-state index contributed by atoms with van der Waals surface area (Å²) in [7, 11) is 1.65. The van der Waals surface area contributed by atoms with Gasteiger partial charge in [-0.3, -0.25) is 0 Å². The molecule has 0 saturated heterocycles. The molecule has 90 valence electrons. The third kappa shape index (κ3) is 2.29. The second-order valence-corrected chi connectivity index (χ2v) is 3.85. The predicted molar refractivity (Wildman–Crippen MR) is 65.4 cm³/mol. The molecule has 1 aromatic heterocycles. The normalized spacial score (nSPS) is 10.5. The third-order valence-corrected chi connectivity index (χ3v) is 2.58. The van der Waals surface area contributed by atoms with Gasteiger partial charge in [0.2, 0.25) is 0 Å². The molecule has 0 unspecified atom stereocenters. The molecule has 2 N–H and O–H groups in total. The van der Waals surface area contributed by atoms with Crippen LogP contribution in [0.25, 0.3) is 5.69 Å². The molecule has 0 amide bonds. The van der Waals surface area contributed by atoms with E-state index in [0.717, 1.165) is 29.1 Å². The summed E-state index contributed by atoms with van der Waals surface area (Å²) in [5, 5.41) is 8.01. The SMILES string of the molecule is COc1ccc(C)cc1-n1nncc1CCN. The lowest BCUT2D eigenvalue weighted by atomic mass is 10.2. The zero-order valence-electron chi connectivity index (χ0n) is 10.1. The zero-order chi connectivity index (χ0) is 12.3. The van der Waals surface area contributed by atoms with Crippen LogP contribution in [-0.4, -0.2) is 28.6 Å². The molecular formula is C12H16N4O. The summed E-state index contributed by atoms with van der Waals surface area (Å²) in [6, 6.07) is 5.95. The van der Waals surface area contributed by atoms with E-state index in [4.69, 9.17) is 10.5 Å². The summed E-state index contributed by atoms with van der Waals surface area (Å²) in [5.41, 5.74) is 8.59. The molecule has 0 radical (unpaired) electrons. The second-order valence-electron chi connectivity index (χ2n) is 3.85. The van der Waals surface area contributed by atoms with Crippen LogP contribution in [0, 0.1) is 6.92 Å². The van der Waals surface area contributed by atoms with Gasteiger partial charge in [-0.15, -0.1) is 5.10 Å². The van der Waals surface area contributed by atoms with Crippen LogP contribution in [0.1, 0.15) is 11.3 Å². The van der Waals surface area contributed by atoms with Crippen LogP contribution >= 0.6 is 0 Å². The molecule has 0 atom stereocenters. The van der Waals surface area contributed by atoms with Gasteiger partial charge in [-0.2, -0.15) is 0 Å². The lowest BCUT2D eigenvalue weighted by Crippen LogP contribution is -2.09. The first-order valence-electron chi connectivity index (χ1n) is 5.51. The van der Waals surface area contributed by atoms with Gasteiger partial charge >= 0.3 is 0 Å². The number of hydrogen-bond donors (Lipinski definition) is 1. The van der Waals surface area contributed by atoms with Crippen LogP contribution < -0.4 is 10.5 Å². The van der Waals surface area contributed by atoms with Gasteiger partial charge in [0.25, 0.3) is 0 Å². The Morgan fingerprint density at radius 1 is 1.41 bits per heavy atom.